The van der Waals surface area contributed by atoms with Gasteiger partial charge in [0.1, 0.15) is 11.6 Å². The maximum absolute atomic E-state index is 6.15. The molecule has 4 nitrogen and oxygen atoms in total. The fraction of sp³-hybridized carbons (Fsp3) is 0.562. The van der Waals surface area contributed by atoms with Crippen molar-refractivity contribution in [3.8, 4) is 5.75 Å². The molecule has 1 saturated heterocycles. The molecule has 0 amide bonds. The molecule has 0 spiro atoms. The molecule has 1 fully saturated rings. The van der Waals surface area contributed by atoms with E-state index in [1.54, 1.807) is 7.11 Å². The number of benzene rings is 1. The van der Waals surface area contributed by atoms with Gasteiger partial charge in [0, 0.05) is 18.7 Å². The van der Waals surface area contributed by atoms with E-state index in [4.69, 9.17) is 21.3 Å². The Morgan fingerprint density at radius 1 is 1.43 bits per heavy atom. The summed E-state index contributed by atoms with van der Waals surface area (Å²) >= 11 is 6.15. The standard InChI is InChI=1S/C16H22ClN3O/c1-11-10-19(2)7-6-14(11)20-15-5-4-12(21-3)8-13(15)18-16(20)9-17/h4-5,8,11,14H,6-7,9-10H2,1-3H3. The molecule has 1 aromatic heterocycles. The summed E-state index contributed by atoms with van der Waals surface area (Å²) in [5, 5.41) is 0. The number of alkyl halides is 1. The fourth-order valence-corrected chi connectivity index (χ4v) is 3.63. The first-order valence-corrected chi connectivity index (χ1v) is 7.97. The molecule has 3 rings (SSSR count). The van der Waals surface area contributed by atoms with E-state index >= 15 is 0 Å². The topological polar surface area (TPSA) is 30.3 Å². The van der Waals surface area contributed by atoms with Crippen molar-refractivity contribution < 1.29 is 4.74 Å². The zero-order chi connectivity index (χ0) is 15.0. The van der Waals surface area contributed by atoms with Crippen LogP contribution >= 0.6 is 11.6 Å². The van der Waals surface area contributed by atoms with Crippen LogP contribution in [0.25, 0.3) is 11.0 Å². The minimum atomic E-state index is 0.441. The highest BCUT2D eigenvalue weighted by atomic mass is 35.5. The summed E-state index contributed by atoms with van der Waals surface area (Å²) in [5.41, 5.74) is 2.13. The number of piperidine rings is 1. The van der Waals surface area contributed by atoms with E-state index in [1.807, 2.05) is 12.1 Å². The largest absolute Gasteiger partial charge is 0.497 e. The molecule has 21 heavy (non-hydrogen) atoms. The Kier molecular flexibility index (Phi) is 4.09. The lowest BCUT2D eigenvalue weighted by atomic mass is 9.93. The van der Waals surface area contributed by atoms with Crippen LogP contribution < -0.4 is 4.74 Å². The number of halogens is 1. The predicted octanol–water partition coefficient (Wildman–Crippen LogP) is 3.30. The number of methoxy groups -OCH3 is 1. The van der Waals surface area contributed by atoms with Crippen LogP contribution in [0.15, 0.2) is 18.2 Å². The second kappa shape index (κ2) is 5.85. The highest BCUT2D eigenvalue weighted by Crippen LogP contribution is 2.33. The van der Waals surface area contributed by atoms with Crippen molar-refractivity contribution in [2.45, 2.75) is 25.3 Å². The average molecular weight is 308 g/mol. The van der Waals surface area contributed by atoms with Gasteiger partial charge in [0.05, 0.1) is 24.0 Å². The van der Waals surface area contributed by atoms with Crippen LogP contribution in [0.4, 0.5) is 0 Å². The van der Waals surface area contributed by atoms with Crippen molar-refractivity contribution in [3.05, 3.63) is 24.0 Å². The summed E-state index contributed by atoms with van der Waals surface area (Å²) in [4.78, 5) is 7.10. The highest BCUT2D eigenvalue weighted by molar-refractivity contribution is 6.16. The maximum atomic E-state index is 6.15. The van der Waals surface area contributed by atoms with Crippen molar-refractivity contribution in [1.29, 1.82) is 0 Å². The Hall–Kier alpha value is -1.26. The van der Waals surface area contributed by atoms with E-state index < -0.39 is 0 Å². The second-order valence-electron chi connectivity index (χ2n) is 5.98. The smallest absolute Gasteiger partial charge is 0.125 e. The van der Waals surface area contributed by atoms with Gasteiger partial charge in [-0.25, -0.2) is 4.98 Å². The highest BCUT2D eigenvalue weighted by Gasteiger charge is 2.28. The van der Waals surface area contributed by atoms with Crippen LogP contribution in [-0.2, 0) is 5.88 Å². The first-order chi connectivity index (χ1) is 10.1. The monoisotopic (exact) mass is 307 g/mol. The first-order valence-electron chi connectivity index (χ1n) is 7.43. The molecule has 2 unspecified atom stereocenters. The number of ether oxygens (including phenoxy) is 1. The number of nitrogens with zero attached hydrogens (tertiary/aromatic N) is 3. The molecule has 0 radical (unpaired) electrons. The van der Waals surface area contributed by atoms with Gasteiger partial charge in [-0.1, -0.05) is 6.92 Å². The van der Waals surface area contributed by atoms with Gasteiger partial charge in [0.25, 0.3) is 0 Å². The fourth-order valence-electron chi connectivity index (χ4n) is 3.45. The number of hydrogen-bond donors (Lipinski definition) is 0. The van der Waals surface area contributed by atoms with E-state index in [1.165, 1.54) is 0 Å². The van der Waals surface area contributed by atoms with Crippen LogP contribution in [0.3, 0.4) is 0 Å². The van der Waals surface area contributed by atoms with E-state index in [9.17, 15) is 0 Å². The van der Waals surface area contributed by atoms with Gasteiger partial charge in [-0.2, -0.15) is 0 Å². The number of fused-ring (bicyclic) bond motifs is 1. The van der Waals surface area contributed by atoms with Gasteiger partial charge in [-0.05, 0) is 38.1 Å². The van der Waals surface area contributed by atoms with Crippen LogP contribution in [-0.4, -0.2) is 41.7 Å². The number of likely N-dealkylation sites (tertiary alicyclic amines) is 1. The minimum Gasteiger partial charge on any atom is -0.497 e. The number of aromatic nitrogens is 2. The Bertz CT molecular complexity index is 640. The molecule has 5 heteroatoms. The molecule has 2 atom stereocenters. The summed E-state index contributed by atoms with van der Waals surface area (Å²) in [6, 6.07) is 6.55. The molecule has 1 aliphatic heterocycles. The van der Waals surface area contributed by atoms with Gasteiger partial charge >= 0.3 is 0 Å². The lowest BCUT2D eigenvalue weighted by Gasteiger charge is -2.36. The van der Waals surface area contributed by atoms with Crippen LogP contribution in [0.5, 0.6) is 5.75 Å². The number of rotatable bonds is 3. The van der Waals surface area contributed by atoms with Crippen LogP contribution in [0, 0.1) is 5.92 Å². The average Bonchev–Trinajstić information content (AvgIpc) is 2.84. The Balaban J connectivity index is 2.08. The molecule has 1 aromatic carbocycles. The number of imidazole rings is 1. The van der Waals surface area contributed by atoms with E-state index in [2.05, 4.69) is 29.5 Å². The third-order valence-corrected chi connectivity index (χ3v) is 4.72. The van der Waals surface area contributed by atoms with Crippen LogP contribution in [0.1, 0.15) is 25.2 Å². The molecule has 1 aliphatic rings. The number of hydrogen-bond acceptors (Lipinski definition) is 3. The third-order valence-electron chi connectivity index (χ3n) is 4.48. The zero-order valence-electron chi connectivity index (χ0n) is 12.8. The molecule has 2 aromatic rings. The maximum Gasteiger partial charge on any atom is 0.125 e. The van der Waals surface area contributed by atoms with Crippen molar-refractivity contribution in [2.75, 3.05) is 27.2 Å². The van der Waals surface area contributed by atoms with Gasteiger partial charge in [-0.15, -0.1) is 11.6 Å². The molecule has 0 aliphatic carbocycles. The summed E-state index contributed by atoms with van der Waals surface area (Å²) in [5.74, 6) is 2.83. The molecular formula is C16H22ClN3O. The SMILES string of the molecule is COc1ccc2c(c1)nc(CCl)n2C1CCN(C)CC1C. The summed E-state index contributed by atoms with van der Waals surface area (Å²) in [6.07, 6.45) is 1.14. The summed E-state index contributed by atoms with van der Waals surface area (Å²) in [7, 11) is 3.87. The predicted molar refractivity (Wildman–Crippen MR) is 86.2 cm³/mol. The summed E-state index contributed by atoms with van der Waals surface area (Å²) < 4.78 is 7.64. The Labute approximate surface area is 130 Å². The molecule has 2 heterocycles. The molecule has 0 bridgehead atoms. The van der Waals surface area contributed by atoms with E-state index in [0.29, 0.717) is 17.8 Å². The van der Waals surface area contributed by atoms with Gasteiger partial charge in [0.15, 0.2) is 0 Å². The van der Waals surface area contributed by atoms with E-state index in [0.717, 1.165) is 42.1 Å². The molecule has 0 saturated carbocycles. The van der Waals surface area contributed by atoms with Crippen molar-refractivity contribution >= 4 is 22.6 Å². The zero-order valence-corrected chi connectivity index (χ0v) is 13.6. The normalized spacial score (nSPS) is 23.6. The molecule has 114 valence electrons. The van der Waals surface area contributed by atoms with Crippen molar-refractivity contribution in [1.82, 2.24) is 14.5 Å². The third kappa shape index (κ3) is 2.62. The summed E-state index contributed by atoms with van der Waals surface area (Å²) in [6.45, 7) is 4.54. The Morgan fingerprint density at radius 3 is 2.90 bits per heavy atom. The Morgan fingerprint density at radius 2 is 2.24 bits per heavy atom. The van der Waals surface area contributed by atoms with Gasteiger partial charge in [0.2, 0.25) is 0 Å². The molecule has 0 N–H and O–H groups in total. The quantitative estimate of drug-likeness (QED) is 0.815. The van der Waals surface area contributed by atoms with Gasteiger partial charge < -0.3 is 14.2 Å². The second-order valence-corrected chi connectivity index (χ2v) is 6.25. The minimum absolute atomic E-state index is 0.441. The lowest BCUT2D eigenvalue weighted by Crippen LogP contribution is -2.38. The van der Waals surface area contributed by atoms with Gasteiger partial charge in [-0.3, -0.25) is 0 Å². The van der Waals surface area contributed by atoms with Crippen LogP contribution in [0.2, 0.25) is 0 Å². The van der Waals surface area contributed by atoms with Crippen molar-refractivity contribution in [3.63, 3.8) is 0 Å². The first kappa shape index (κ1) is 14.7. The lowest BCUT2D eigenvalue weighted by molar-refractivity contribution is 0.160. The molecular weight excluding hydrogens is 286 g/mol. The van der Waals surface area contributed by atoms with E-state index in [-0.39, 0.29) is 0 Å². The van der Waals surface area contributed by atoms with Crippen molar-refractivity contribution in [2.24, 2.45) is 5.92 Å².